The van der Waals surface area contributed by atoms with Gasteiger partial charge in [0.05, 0.1) is 22.2 Å². The zero-order chi connectivity index (χ0) is 18.4. The highest BCUT2D eigenvalue weighted by atomic mass is 79.9. The van der Waals surface area contributed by atoms with Crippen molar-refractivity contribution in [3.05, 3.63) is 12.7 Å². The summed E-state index contributed by atoms with van der Waals surface area (Å²) in [7, 11) is 0. The second kappa shape index (κ2) is 6.87. The van der Waals surface area contributed by atoms with Crippen LogP contribution in [0.15, 0.2) is 12.7 Å². The van der Waals surface area contributed by atoms with Gasteiger partial charge in [0, 0.05) is 4.83 Å². The Morgan fingerprint density at radius 3 is 2.58 bits per heavy atom. The van der Waals surface area contributed by atoms with Gasteiger partial charge in [0.15, 0.2) is 0 Å². The maximum absolute atomic E-state index is 10.3. The smallest absolute Gasteiger partial charge is 0.0797 e. The quantitative estimate of drug-likeness (QED) is 0.394. The lowest BCUT2D eigenvalue weighted by atomic mass is 9.59. The largest absolute Gasteiger partial charge is 0.386 e. The van der Waals surface area contributed by atoms with E-state index in [0.717, 1.165) is 38.5 Å². The first kappa shape index (κ1) is 20.7. The summed E-state index contributed by atoms with van der Waals surface area (Å²) in [5, 5.41) is 10.3. The molecule has 24 heavy (non-hydrogen) atoms. The molecule has 0 spiro atoms. The molecule has 2 bridgehead atoms. The molecule has 2 aliphatic heterocycles. The summed E-state index contributed by atoms with van der Waals surface area (Å²) < 4.78 is 6.45. The van der Waals surface area contributed by atoms with E-state index in [1.165, 1.54) is 0 Å². The molecule has 1 N–H and O–H groups in total. The number of fused-ring (bicyclic) bond motifs is 2. The van der Waals surface area contributed by atoms with Crippen LogP contribution in [0.3, 0.4) is 0 Å². The van der Waals surface area contributed by atoms with Crippen LogP contribution >= 0.6 is 27.5 Å². The van der Waals surface area contributed by atoms with Gasteiger partial charge < -0.3 is 9.84 Å². The van der Waals surface area contributed by atoms with E-state index in [1.807, 2.05) is 6.92 Å². The first-order valence-electron chi connectivity index (χ1n) is 9.21. The Labute approximate surface area is 161 Å². The van der Waals surface area contributed by atoms with Gasteiger partial charge in [-0.15, -0.1) is 18.2 Å². The minimum Gasteiger partial charge on any atom is -0.386 e. The molecule has 0 radical (unpaired) electrons. The molecule has 0 aromatic carbocycles. The van der Waals surface area contributed by atoms with Gasteiger partial charge in [-0.05, 0) is 77.6 Å². The van der Waals surface area contributed by atoms with Gasteiger partial charge in [-0.25, -0.2) is 0 Å². The summed E-state index contributed by atoms with van der Waals surface area (Å²) in [5.41, 5.74) is -0.692. The molecule has 2 heterocycles. The Kier molecular flexibility index (Phi) is 5.93. The number of alkyl halides is 2. The van der Waals surface area contributed by atoms with E-state index < -0.39 is 5.60 Å². The molecular weight excluding hydrogens is 388 g/mol. The third-order valence-corrected chi connectivity index (χ3v) is 8.77. The predicted molar refractivity (Wildman–Crippen MR) is 106 cm³/mol. The summed E-state index contributed by atoms with van der Waals surface area (Å²) in [6, 6.07) is 0. The summed E-state index contributed by atoms with van der Waals surface area (Å²) in [6.45, 7) is 14.4. The number of hydrogen-bond acceptors (Lipinski definition) is 2. The number of hydrogen-bond donors (Lipinski definition) is 1. The van der Waals surface area contributed by atoms with Crippen LogP contribution in [0.1, 0.15) is 73.1 Å². The van der Waals surface area contributed by atoms with E-state index in [4.69, 9.17) is 16.3 Å². The fourth-order valence-electron chi connectivity index (χ4n) is 4.79. The van der Waals surface area contributed by atoms with Crippen molar-refractivity contribution in [2.75, 3.05) is 0 Å². The zero-order valence-electron chi connectivity index (χ0n) is 15.9. The maximum Gasteiger partial charge on any atom is 0.0797 e. The topological polar surface area (TPSA) is 29.5 Å². The Morgan fingerprint density at radius 1 is 1.42 bits per heavy atom. The van der Waals surface area contributed by atoms with Crippen LogP contribution in [0, 0.1) is 11.3 Å². The Balaban J connectivity index is 2.11. The third-order valence-electron chi connectivity index (χ3n) is 6.64. The average Bonchev–Trinajstić information content (AvgIpc) is 2.95. The molecule has 5 unspecified atom stereocenters. The standard InChI is InChI=1S/C20H34BrClO2/c1-7-18(4,23)11-8-14-19(5,12-9-15(21)17(2,3)22)16-10-13-20(14,6)24-16/h7,14-16,23H,1,8-13H2,2-6H3/t14?,15-,16?,18?,19?,20?/m0/s1. The Hall–Kier alpha value is 0.430. The second-order valence-electron chi connectivity index (χ2n) is 9.19. The first-order chi connectivity index (χ1) is 10.8. The molecular formula is C20H34BrClO2. The minimum atomic E-state index is -0.796. The van der Waals surface area contributed by atoms with Crippen molar-refractivity contribution < 1.29 is 9.84 Å². The van der Waals surface area contributed by atoms with Crippen molar-refractivity contribution in [1.29, 1.82) is 0 Å². The van der Waals surface area contributed by atoms with Crippen molar-refractivity contribution in [1.82, 2.24) is 0 Å². The van der Waals surface area contributed by atoms with Crippen LogP contribution in [0.5, 0.6) is 0 Å². The fourth-order valence-corrected chi connectivity index (χ4v) is 5.13. The van der Waals surface area contributed by atoms with Crippen molar-refractivity contribution in [3.8, 4) is 0 Å². The van der Waals surface area contributed by atoms with Gasteiger partial charge in [-0.2, -0.15) is 0 Å². The molecule has 0 saturated carbocycles. The number of ether oxygens (including phenoxy) is 1. The van der Waals surface area contributed by atoms with Crippen LogP contribution in [-0.2, 0) is 4.74 Å². The molecule has 140 valence electrons. The van der Waals surface area contributed by atoms with Crippen molar-refractivity contribution in [3.63, 3.8) is 0 Å². The molecule has 0 aliphatic carbocycles. The maximum atomic E-state index is 10.3. The predicted octanol–water partition coefficient (Wildman–Crippen LogP) is 5.84. The molecule has 2 saturated heterocycles. The van der Waals surface area contributed by atoms with E-state index in [1.54, 1.807) is 6.08 Å². The van der Waals surface area contributed by atoms with Gasteiger partial charge in [-0.1, -0.05) is 28.9 Å². The molecule has 2 aliphatic rings. The average molecular weight is 422 g/mol. The first-order valence-corrected chi connectivity index (χ1v) is 10.5. The summed E-state index contributed by atoms with van der Waals surface area (Å²) in [5.74, 6) is 0.466. The molecule has 0 amide bonds. The van der Waals surface area contributed by atoms with Gasteiger partial charge >= 0.3 is 0 Å². The SMILES string of the molecule is C=CC(C)(O)CCC1C2(C)CCC(O2)C1(C)CC[C@H](Br)C(C)(C)Cl. The molecule has 2 nitrogen and oxygen atoms in total. The normalized spacial score (nSPS) is 39.7. The molecule has 0 aromatic heterocycles. The summed E-state index contributed by atoms with van der Waals surface area (Å²) in [6.07, 6.45) is 8.12. The van der Waals surface area contributed by atoms with Gasteiger partial charge in [-0.3, -0.25) is 0 Å². The second-order valence-corrected chi connectivity index (χ2v) is 11.3. The fraction of sp³-hybridized carbons (Fsp3) is 0.900. The van der Waals surface area contributed by atoms with Crippen molar-refractivity contribution in [2.24, 2.45) is 11.3 Å². The van der Waals surface area contributed by atoms with E-state index in [2.05, 4.69) is 50.2 Å². The van der Waals surface area contributed by atoms with Crippen molar-refractivity contribution in [2.45, 2.75) is 100 Å². The number of halogens is 2. The van der Waals surface area contributed by atoms with Crippen molar-refractivity contribution >= 4 is 27.5 Å². The molecule has 2 rings (SSSR count). The van der Waals surface area contributed by atoms with E-state index >= 15 is 0 Å². The highest BCUT2D eigenvalue weighted by molar-refractivity contribution is 9.09. The van der Waals surface area contributed by atoms with Gasteiger partial charge in [0.2, 0.25) is 0 Å². The van der Waals surface area contributed by atoms with Crippen LogP contribution < -0.4 is 0 Å². The van der Waals surface area contributed by atoms with Crippen LogP contribution in [0.2, 0.25) is 0 Å². The third kappa shape index (κ3) is 4.05. The zero-order valence-corrected chi connectivity index (χ0v) is 18.2. The van der Waals surface area contributed by atoms with Gasteiger partial charge in [0.1, 0.15) is 0 Å². The van der Waals surface area contributed by atoms with Crippen LogP contribution in [-0.4, -0.2) is 32.1 Å². The Bertz CT molecular complexity index is 473. The lowest BCUT2D eigenvalue weighted by molar-refractivity contribution is -0.000272. The molecule has 4 heteroatoms. The lowest BCUT2D eigenvalue weighted by Gasteiger charge is -2.43. The van der Waals surface area contributed by atoms with Crippen LogP contribution in [0.25, 0.3) is 0 Å². The highest BCUT2D eigenvalue weighted by Crippen LogP contribution is 2.61. The molecule has 2 fully saturated rings. The molecule has 6 atom stereocenters. The Morgan fingerprint density at radius 2 is 2.04 bits per heavy atom. The summed E-state index contributed by atoms with van der Waals surface area (Å²) >= 11 is 10.2. The molecule has 0 aromatic rings. The summed E-state index contributed by atoms with van der Waals surface area (Å²) in [4.78, 5) is 0.0353. The number of aliphatic hydroxyl groups is 1. The van der Waals surface area contributed by atoms with E-state index in [0.29, 0.717) is 12.0 Å². The number of rotatable bonds is 8. The van der Waals surface area contributed by atoms with Crippen LogP contribution in [0.4, 0.5) is 0 Å². The minimum absolute atomic E-state index is 0.0467. The van der Waals surface area contributed by atoms with Gasteiger partial charge in [0.25, 0.3) is 0 Å². The monoisotopic (exact) mass is 420 g/mol. The highest BCUT2D eigenvalue weighted by Gasteiger charge is 2.62. The van der Waals surface area contributed by atoms with E-state index in [9.17, 15) is 5.11 Å². The van der Waals surface area contributed by atoms with E-state index in [-0.39, 0.29) is 20.7 Å². The lowest BCUT2D eigenvalue weighted by Crippen LogP contribution is -2.44.